The summed E-state index contributed by atoms with van der Waals surface area (Å²) >= 11 is 0. The molecule has 1 aromatic rings. The Hall–Kier alpha value is -0.940. The lowest BCUT2D eigenvalue weighted by atomic mass is 10.3. The fourth-order valence-corrected chi connectivity index (χ4v) is 0.862. The van der Waals surface area contributed by atoms with Crippen molar-refractivity contribution in [1.29, 1.82) is 0 Å². The van der Waals surface area contributed by atoms with Crippen LogP contribution in [0.1, 0.15) is 31.6 Å². The molecule has 13 heavy (non-hydrogen) atoms. The smallest absolute Gasteiger partial charge is 0.243 e. The van der Waals surface area contributed by atoms with Gasteiger partial charge in [-0.15, -0.1) is 0 Å². The summed E-state index contributed by atoms with van der Waals surface area (Å²) in [5, 5.41) is 3.76. The van der Waals surface area contributed by atoms with E-state index < -0.39 is 0 Å². The van der Waals surface area contributed by atoms with E-state index in [1.54, 1.807) is 6.92 Å². The molecule has 5 nitrogen and oxygen atoms in total. The van der Waals surface area contributed by atoms with Crippen LogP contribution in [0, 0.1) is 0 Å². The molecule has 1 unspecified atom stereocenters. The van der Waals surface area contributed by atoms with E-state index in [0.717, 1.165) is 0 Å². The maximum Gasteiger partial charge on any atom is 0.243 e. The SMILES string of the molecule is CCOCCc1noc(C(C)N)n1. The van der Waals surface area contributed by atoms with Crippen LogP contribution in [-0.4, -0.2) is 23.4 Å². The third kappa shape index (κ3) is 3.12. The van der Waals surface area contributed by atoms with Gasteiger partial charge in [0.15, 0.2) is 5.82 Å². The Bertz CT molecular complexity index is 247. The Morgan fingerprint density at radius 3 is 2.92 bits per heavy atom. The molecule has 0 saturated carbocycles. The molecular weight excluding hydrogens is 170 g/mol. The van der Waals surface area contributed by atoms with Gasteiger partial charge in [0.2, 0.25) is 5.89 Å². The van der Waals surface area contributed by atoms with Gasteiger partial charge in [-0.1, -0.05) is 5.16 Å². The summed E-state index contributed by atoms with van der Waals surface area (Å²) in [6, 6.07) is -0.201. The molecule has 0 radical (unpaired) electrons. The fourth-order valence-electron chi connectivity index (χ4n) is 0.862. The van der Waals surface area contributed by atoms with Crippen LogP contribution in [-0.2, 0) is 11.2 Å². The highest BCUT2D eigenvalue weighted by molar-refractivity contribution is 4.90. The minimum Gasteiger partial charge on any atom is -0.381 e. The van der Waals surface area contributed by atoms with Crippen molar-refractivity contribution in [3.05, 3.63) is 11.7 Å². The van der Waals surface area contributed by atoms with Crippen molar-refractivity contribution in [2.75, 3.05) is 13.2 Å². The molecule has 0 bridgehead atoms. The van der Waals surface area contributed by atoms with Crippen molar-refractivity contribution < 1.29 is 9.26 Å². The number of aromatic nitrogens is 2. The van der Waals surface area contributed by atoms with E-state index in [9.17, 15) is 0 Å². The van der Waals surface area contributed by atoms with Crippen molar-refractivity contribution in [3.63, 3.8) is 0 Å². The molecule has 1 rings (SSSR count). The second-order valence-corrected chi connectivity index (χ2v) is 2.78. The van der Waals surface area contributed by atoms with Gasteiger partial charge in [0.25, 0.3) is 0 Å². The zero-order valence-corrected chi connectivity index (χ0v) is 7.99. The van der Waals surface area contributed by atoms with Gasteiger partial charge in [-0.25, -0.2) is 0 Å². The van der Waals surface area contributed by atoms with Crippen molar-refractivity contribution in [2.45, 2.75) is 26.3 Å². The maximum atomic E-state index is 5.55. The quantitative estimate of drug-likeness (QED) is 0.682. The lowest BCUT2D eigenvalue weighted by molar-refractivity contribution is 0.149. The Labute approximate surface area is 77.3 Å². The Morgan fingerprint density at radius 2 is 2.38 bits per heavy atom. The number of nitrogens with two attached hydrogens (primary N) is 1. The van der Waals surface area contributed by atoms with Crippen LogP contribution in [0.3, 0.4) is 0 Å². The van der Waals surface area contributed by atoms with E-state index in [2.05, 4.69) is 10.1 Å². The van der Waals surface area contributed by atoms with E-state index in [0.29, 0.717) is 31.3 Å². The molecule has 1 atom stereocenters. The van der Waals surface area contributed by atoms with Crippen molar-refractivity contribution in [3.8, 4) is 0 Å². The summed E-state index contributed by atoms with van der Waals surface area (Å²) in [7, 11) is 0. The molecule has 0 aliphatic rings. The average Bonchev–Trinajstić information content (AvgIpc) is 2.53. The van der Waals surface area contributed by atoms with Crippen LogP contribution in [0.5, 0.6) is 0 Å². The normalized spacial score (nSPS) is 13.2. The minimum atomic E-state index is -0.201. The molecule has 1 heterocycles. The Kier molecular flexibility index (Phi) is 3.85. The summed E-state index contributed by atoms with van der Waals surface area (Å²) in [5.41, 5.74) is 5.55. The van der Waals surface area contributed by atoms with Gasteiger partial charge >= 0.3 is 0 Å². The van der Waals surface area contributed by atoms with Gasteiger partial charge in [-0.2, -0.15) is 4.98 Å². The third-order valence-electron chi connectivity index (χ3n) is 1.55. The number of hydrogen-bond acceptors (Lipinski definition) is 5. The summed E-state index contributed by atoms with van der Waals surface area (Å²) < 4.78 is 10.1. The number of hydrogen-bond donors (Lipinski definition) is 1. The van der Waals surface area contributed by atoms with E-state index in [4.69, 9.17) is 15.0 Å². The molecule has 0 aliphatic heterocycles. The molecule has 0 fully saturated rings. The van der Waals surface area contributed by atoms with Gasteiger partial charge in [-0.3, -0.25) is 0 Å². The van der Waals surface area contributed by atoms with Gasteiger partial charge < -0.3 is 15.0 Å². The number of nitrogens with zero attached hydrogens (tertiary/aromatic N) is 2. The van der Waals surface area contributed by atoms with Crippen molar-refractivity contribution in [1.82, 2.24) is 10.1 Å². The van der Waals surface area contributed by atoms with E-state index in [-0.39, 0.29) is 6.04 Å². The highest BCUT2D eigenvalue weighted by atomic mass is 16.5. The lowest BCUT2D eigenvalue weighted by Crippen LogP contribution is -2.05. The van der Waals surface area contributed by atoms with Crippen LogP contribution in [0.15, 0.2) is 4.52 Å². The number of rotatable bonds is 5. The van der Waals surface area contributed by atoms with Gasteiger partial charge in [-0.05, 0) is 13.8 Å². The molecule has 0 spiro atoms. The molecule has 0 saturated heterocycles. The molecule has 74 valence electrons. The molecule has 0 amide bonds. The second-order valence-electron chi connectivity index (χ2n) is 2.78. The van der Waals surface area contributed by atoms with Crippen LogP contribution in [0.25, 0.3) is 0 Å². The van der Waals surface area contributed by atoms with Crippen LogP contribution < -0.4 is 5.73 Å². The second kappa shape index (κ2) is 4.94. The molecule has 2 N–H and O–H groups in total. The highest BCUT2D eigenvalue weighted by Gasteiger charge is 2.09. The van der Waals surface area contributed by atoms with E-state index in [1.807, 2.05) is 6.92 Å². The van der Waals surface area contributed by atoms with Gasteiger partial charge in [0, 0.05) is 13.0 Å². The van der Waals surface area contributed by atoms with E-state index in [1.165, 1.54) is 0 Å². The average molecular weight is 185 g/mol. The first-order chi connectivity index (χ1) is 6.24. The first-order valence-corrected chi connectivity index (χ1v) is 4.39. The maximum absolute atomic E-state index is 5.55. The molecule has 5 heteroatoms. The first-order valence-electron chi connectivity index (χ1n) is 4.39. The zero-order chi connectivity index (χ0) is 9.68. The summed E-state index contributed by atoms with van der Waals surface area (Å²) in [6.45, 7) is 5.08. The van der Waals surface area contributed by atoms with Crippen LogP contribution in [0.2, 0.25) is 0 Å². The first kappa shape index (κ1) is 10.1. The third-order valence-corrected chi connectivity index (χ3v) is 1.55. The largest absolute Gasteiger partial charge is 0.381 e. The monoisotopic (exact) mass is 185 g/mol. The Balaban J connectivity index is 2.40. The van der Waals surface area contributed by atoms with Gasteiger partial charge in [0.05, 0.1) is 12.6 Å². The summed E-state index contributed by atoms with van der Waals surface area (Å²) in [6.07, 6.45) is 0.671. The summed E-state index contributed by atoms with van der Waals surface area (Å²) in [5.74, 6) is 1.13. The topological polar surface area (TPSA) is 74.2 Å². The summed E-state index contributed by atoms with van der Waals surface area (Å²) in [4.78, 5) is 4.10. The highest BCUT2D eigenvalue weighted by Crippen LogP contribution is 2.05. The predicted molar refractivity (Wildman–Crippen MR) is 47.1 cm³/mol. The molecule has 0 aliphatic carbocycles. The predicted octanol–water partition coefficient (Wildman–Crippen LogP) is 0.668. The van der Waals surface area contributed by atoms with Gasteiger partial charge in [0.1, 0.15) is 0 Å². The van der Waals surface area contributed by atoms with E-state index >= 15 is 0 Å². The van der Waals surface area contributed by atoms with Crippen molar-refractivity contribution >= 4 is 0 Å². The fraction of sp³-hybridized carbons (Fsp3) is 0.750. The molecular formula is C8H15N3O2. The standard InChI is InChI=1S/C8H15N3O2/c1-3-12-5-4-7-10-8(6(2)9)13-11-7/h6H,3-5,9H2,1-2H3. The lowest BCUT2D eigenvalue weighted by Gasteiger charge is -1.95. The molecule has 1 aromatic heterocycles. The zero-order valence-electron chi connectivity index (χ0n) is 7.99. The Morgan fingerprint density at radius 1 is 1.62 bits per heavy atom. The van der Waals surface area contributed by atoms with Crippen LogP contribution >= 0.6 is 0 Å². The van der Waals surface area contributed by atoms with Crippen molar-refractivity contribution in [2.24, 2.45) is 5.73 Å². The van der Waals surface area contributed by atoms with Crippen LogP contribution in [0.4, 0.5) is 0 Å². The number of ether oxygens (including phenoxy) is 1. The minimum absolute atomic E-state index is 0.201. The molecule has 0 aromatic carbocycles.